The molecule has 0 radical (unpaired) electrons. The summed E-state index contributed by atoms with van der Waals surface area (Å²) in [4.78, 5) is 11.5. The van der Waals surface area contributed by atoms with E-state index in [2.05, 4.69) is 25.2 Å². The number of hydrogen-bond acceptors (Lipinski definition) is 1. The Morgan fingerprint density at radius 2 is 1.86 bits per heavy atom. The van der Waals surface area contributed by atoms with Gasteiger partial charge in [0.05, 0.1) is 0 Å². The minimum atomic E-state index is 0.00458. The van der Waals surface area contributed by atoms with Crippen LogP contribution in [0.3, 0.4) is 0 Å². The smallest absolute Gasteiger partial charge is 0.251 e. The quantitative estimate of drug-likeness (QED) is 0.763. The van der Waals surface area contributed by atoms with E-state index in [4.69, 9.17) is 0 Å². The molecule has 2 nitrogen and oxygen atoms in total. The number of carbonyl (C=O) groups is 1. The van der Waals surface area contributed by atoms with Crippen molar-refractivity contribution >= 4 is 5.91 Å². The summed E-state index contributed by atoms with van der Waals surface area (Å²) in [5, 5.41) is 2.66. The Balaban J connectivity index is 3.27. The number of rotatable bonds is 2. The molecule has 1 aromatic rings. The van der Waals surface area contributed by atoms with Crippen LogP contribution in [0.15, 0.2) is 12.1 Å². The van der Waals surface area contributed by atoms with Crippen molar-refractivity contribution in [3.05, 3.63) is 34.4 Å². The zero-order valence-electron chi connectivity index (χ0n) is 9.27. The third-order valence-electron chi connectivity index (χ3n) is 2.57. The van der Waals surface area contributed by atoms with E-state index in [-0.39, 0.29) is 5.91 Å². The fraction of sp³-hybridized carbons (Fsp3) is 0.417. The maximum atomic E-state index is 11.5. The topological polar surface area (TPSA) is 29.1 Å². The third-order valence-corrected chi connectivity index (χ3v) is 2.57. The molecule has 0 aliphatic carbocycles. The Kier molecular flexibility index (Phi) is 3.28. The molecule has 0 unspecified atom stereocenters. The molecule has 1 N–H and O–H groups in total. The summed E-state index contributed by atoms with van der Waals surface area (Å²) >= 11 is 0. The van der Waals surface area contributed by atoms with E-state index in [9.17, 15) is 4.79 Å². The van der Waals surface area contributed by atoms with Gasteiger partial charge in [0.25, 0.3) is 5.91 Å². The second-order valence-corrected chi connectivity index (χ2v) is 3.53. The Morgan fingerprint density at radius 3 is 2.36 bits per heavy atom. The van der Waals surface area contributed by atoms with Gasteiger partial charge in [0.1, 0.15) is 0 Å². The third kappa shape index (κ3) is 1.95. The van der Waals surface area contributed by atoms with E-state index in [1.807, 2.05) is 13.0 Å². The zero-order chi connectivity index (χ0) is 10.7. The maximum absolute atomic E-state index is 11.5. The summed E-state index contributed by atoms with van der Waals surface area (Å²) in [5.41, 5.74) is 4.33. The minimum absolute atomic E-state index is 0.00458. The lowest BCUT2D eigenvalue weighted by Crippen LogP contribution is -2.19. The van der Waals surface area contributed by atoms with Crippen LogP contribution < -0.4 is 5.32 Å². The van der Waals surface area contributed by atoms with Crippen molar-refractivity contribution < 1.29 is 4.79 Å². The number of carbonyl (C=O) groups excluding carboxylic acids is 1. The average molecular weight is 191 g/mol. The molecule has 0 saturated carbocycles. The normalized spacial score (nSPS) is 10.0. The van der Waals surface area contributed by atoms with Crippen molar-refractivity contribution in [2.45, 2.75) is 27.2 Å². The van der Waals surface area contributed by atoms with Crippen molar-refractivity contribution in [3.63, 3.8) is 0 Å². The van der Waals surface area contributed by atoms with E-state index in [0.29, 0.717) is 0 Å². The first-order valence-electron chi connectivity index (χ1n) is 4.92. The van der Waals surface area contributed by atoms with Gasteiger partial charge in [0, 0.05) is 12.6 Å². The monoisotopic (exact) mass is 191 g/mol. The lowest BCUT2D eigenvalue weighted by molar-refractivity contribution is 0.0962. The van der Waals surface area contributed by atoms with Gasteiger partial charge in [0.2, 0.25) is 0 Å². The number of amides is 1. The molecule has 76 valence electrons. The van der Waals surface area contributed by atoms with Gasteiger partial charge >= 0.3 is 0 Å². The molecule has 1 rings (SSSR count). The van der Waals surface area contributed by atoms with Crippen LogP contribution in [0.2, 0.25) is 0 Å². The Morgan fingerprint density at radius 1 is 1.29 bits per heavy atom. The largest absolute Gasteiger partial charge is 0.355 e. The van der Waals surface area contributed by atoms with E-state index in [0.717, 1.165) is 17.5 Å². The average Bonchev–Trinajstić information content (AvgIpc) is 2.20. The molecular weight excluding hydrogens is 174 g/mol. The van der Waals surface area contributed by atoms with E-state index in [1.54, 1.807) is 7.05 Å². The SMILES string of the molecule is CCc1cc(C)c(C)cc1C(=O)NC. The van der Waals surface area contributed by atoms with Crippen LogP contribution in [0.25, 0.3) is 0 Å². The predicted molar refractivity (Wildman–Crippen MR) is 58.7 cm³/mol. The van der Waals surface area contributed by atoms with Crippen molar-refractivity contribution in [1.29, 1.82) is 0 Å². The lowest BCUT2D eigenvalue weighted by atomic mass is 9.98. The van der Waals surface area contributed by atoms with E-state index < -0.39 is 0 Å². The second-order valence-electron chi connectivity index (χ2n) is 3.53. The first kappa shape index (κ1) is 10.8. The molecule has 1 aromatic carbocycles. The summed E-state index contributed by atoms with van der Waals surface area (Å²) in [6.07, 6.45) is 0.893. The van der Waals surface area contributed by atoms with Crippen LogP contribution in [-0.4, -0.2) is 13.0 Å². The fourth-order valence-corrected chi connectivity index (χ4v) is 1.51. The van der Waals surface area contributed by atoms with Crippen LogP contribution >= 0.6 is 0 Å². The van der Waals surface area contributed by atoms with Crippen molar-refractivity contribution in [3.8, 4) is 0 Å². The zero-order valence-corrected chi connectivity index (χ0v) is 9.27. The van der Waals surface area contributed by atoms with Gasteiger partial charge < -0.3 is 5.32 Å². The number of benzene rings is 1. The van der Waals surface area contributed by atoms with Crippen molar-refractivity contribution in [1.82, 2.24) is 5.32 Å². The van der Waals surface area contributed by atoms with Crippen LogP contribution in [0, 0.1) is 13.8 Å². The van der Waals surface area contributed by atoms with E-state index >= 15 is 0 Å². The maximum Gasteiger partial charge on any atom is 0.251 e. The summed E-state index contributed by atoms with van der Waals surface area (Å²) < 4.78 is 0. The van der Waals surface area contributed by atoms with Gasteiger partial charge in [-0.15, -0.1) is 0 Å². The van der Waals surface area contributed by atoms with Gasteiger partial charge in [-0.1, -0.05) is 13.0 Å². The van der Waals surface area contributed by atoms with E-state index in [1.165, 1.54) is 11.1 Å². The summed E-state index contributed by atoms with van der Waals surface area (Å²) in [6.45, 7) is 6.17. The highest BCUT2D eigenvalue weighted by molar-refractivity contribution is 5.95. The molecule has 0 bridgehead atoms. The van der Waals surface area contributed by atoms with Crippen LogP contribution in [-0.2, 0) is 6.42 Å². The van der Waals surface area contributed by atoms with Gasteiger partial charge in [-0.05, 0) is 43.0 Å². The Hall–Kier alpha value is -1.31. The predicted octanol–water partition coefficient (Wildman–Crippen LogP) is 2.23. The second kappa shape index (κ2) is 4.27. The first-order valence-corrected chi connectivity index (χ1v) is 4.92. The molecule has 0 heterocycles. The molecule has 0 fully saturated rings. The molecule has 1 amide bonds. The molecule has 0 spiro atoms. The molecule has 0 atom stereocenters. The molecule has 2 heteroatoms. The number of aryl methyl sites for hydroxylation is 3. The highest BCUT2D eigenvalue weighted by Crippen LogP contribution is 2.16. The Labute approximate surface area is 85.3 Å². The molecule has 0 aliphatic heterocycles. The van der Waals surface area contributed by atoms with Gasteiger partial charge in [-0.2, -0.15) is 0 Å². The summed E-state index contributed by atoms with van der Waals surface area (Å²) in [5.74, 6) is 0.00458. The van der Waals surface area contributed by atoms with Crippen molar-refractivity contribution in [2.24, 2.45) is 0 Å². The minimum Gasteiger partial charge on any atom is -0.355 e. The lowest BCUT2D eigenvalue weighted by Gasteiger charge is -2.10. The number of nitrogens with one attached hydrogen (secondary N) is 1. The molecule has 0 aromatic heterocycles. The highest BCUT2D eigenvalue weighted by atomic mass is 16.1. The van der Waals surface area contributed by atoms with Crippen LogP contribution in [0.5, 0.6) is 0 Å². The molecule has 14 heavy (non-hydrogen) atoms. The Bertz CT molecular complexity index is 356. The van der Waals surface area contributed by atoms with Gasteiger partial charge in [-0.25, -0.2) is 0 Å². The summed E-state index contributed by atoms with van der Waals surface area (Å²) in [7, 11) is 1.66. The van der Waals surface area contributed by atoms with Crippen LogP contribution in [0.1, 0.15) is 34.0 Å². The summed E-state index contributed by atoms with van der Waals surface area (Å²) in [6, 6.07) is 4.06. The molecular formula is C12H17NO. The molecule has 0 aliphatic rings. The fourth-order valence-electron chi connectivity index (χ4n) is 1.51. The highest BCUT2D eigenvalue weighted by Gasteiger charge is 2.09. The van der Waals surface area contributed by atoms with Crippen LogP contribution in [0.4, 0.5) is 0 Å². The molecule has 0 saturated heterocycles. The van der Waals surface area contributed by atoms with Gasteiger partial charge in [0.15, 0.2) is 0 Å². The number of hydrogen-bond donors (Lipinski definition) is 1. The standard InChI is InChI=1S/C12H17NO/c1-5-10-6-8(2)9(3)7-11(10)12(14)13-4/h6-7H,5H2,1-4H3,(H,13,14). The van der Waals surface area contributed by atoms with Gasteiger partial charge in [-0.3, -0.25) is 4.79 Å². The van der Waals surface area contributed by atoms with Crippen molar-refractivity contribution in [2.75, 3.05) is 7.05 Å². The first-order chi connectivity index (χ1) is 6.60.